The van der Waals surface area contributed by atoms with Crippen molar-refractivity contribution in [1.29, 1.82) is 0 Å². The summed E-state index contributed by atoms with van der Waals surface area (Å²) in [6.07, 6.45) is 10.2. The molecule has 2 N–H and O–H groups in total. The lowest BCUT2D eigenvalue weighted by Gasteiger charge is -2.18. The maximum Gasteiger partial charge on any atom is 0.0902 e. The monoisotopic (exact) mass is 408 g/mol. The molecule has 3 heteroatoms. The van der Waals surface area contributed by atoms with Crippen LogP contribution in [-0.2, 0) is 19.4 Å². The quantitative estimate of drug-likeness (QED) is 0.314. The second-order valence-electron chi connectivity index (χ2n) is 7.61. The van der Waals surface area contributed by atoms with Crippen molar-refractivity contribution in [3.05, 3.63) is 114 Å². The van der Waals surface area contributed by atoms with Crippen molar-refractivity contribution >= 4 is 21.5 Å². The molecule has 1 aliphatic carbocycles. The molecule has 156 valence electrons. The van der Waals surface area contributed by atoms with Gasteiger partial charge in [-0.3, -0.25) is 4.98 Å². The van der Waals surface area contributed by atoms with Gasteiger partial charge in [0, 0.05) is 12.7 Å². The molecule has 1 aliphatic rings. The first-order valence-electron chi connectivity index (χ1n) is 10.9. The first-order valence-corrected chi connectivity index (χ1v) is 10.9. The minimum atomic E-state index is 0.529. The van der Waals surface area contributed by atoms with Crippen LogP contribution in [0.1, 0.15) is 29.7 Å². The maximum absolute atomic E-state index is 5.29. The van der Waals surface area contributed by atoms with Gasteiger partial charge in [-0.2, -0.15) is 0 Å². The first-order chi connectivity index (χ1) is 15.4. The molecular formula is C28H28N2O. The standard InChI is InChI=1S/C18H16.C6H8N2.C4H4O/c1-3-7-15-13(5-1)9-11-18-16-8-4-2-6-14(16)10-12-17(15)18;7-5-6-3-1-2-4-8-6;1-2-4-5-3-1/h1,3,5,7,9-12H,2,4,6,8H2;1-4H,5,7H2;1-4H. The first kappa shape index (κ1) is 20.8. The van der Waals surface area contributed by atoms with Crippen LogP contribution in [0.3, 0.4) is 0 Å². The van der Waals surface area contributed by atoms with E-state index in [9.17, 15) is 0 Å². The van der Waals surface area contributed by atoms with Crippen molar-refractivity contribution in [2.24, 2.45) is 5.73 Å². The fourth-order valence-corrected chi connectivity index (χ4v) is 4.09. The SMILES string of the molecule is NCc1ccccn1.c1ccc2c(c1)ccc1c3c(ccc12)CCCC3.c1ccoc1. The number of furan rings is 1. The Morgan fingerprint density at radius 1 is 0.710 bits per heavy atom. The molecule has 0 amide bonds. The van der Waals surface area contributed by atoms with Crippen LogP contribution in [0.2, 0.25) is 0 Å². The molecular weight excluding hydrogens is 380 g/mol. The van der Waals surface area contributed by atoms with Crippen LogP contribution < -0.4 is 5.73 Å². The van der Waals surface area contributed by atoms with Crippen molar-refractivity contribution in [2.75, 3.05) is 0 Å². The van der Waals surface area contributed by atoms with Crippen LogP contribution >= 0.6 is 0 Å². The van der Waals surface area contributed by atoms with Gasteiger partial charge in [-0.15, -0.1) is 0 Å². The molecule has 5 aromatic rings. The summed E-state index contributed by atoms with van der Waals surface area (Å²) in [5.41, 5.74) is 9.40. The summed E-state index contributed by atoms with van der Waals surface area (Å²) in [7, 11) is 0. The zero-order valence-electron chi connectivity index (χ0n) is 17.7. The van der Waals surface area contributed by atoms with Crippen molar-refractivity contribution in [3.63, 3.8) is 0 Å². The van der Waals surface area contributed by atoms with Gasteiger partial charge in [0.25, 0.3) is 0 Å². The van der Waals surface area contributed by atoms with E-state index in [1.165, 1.54) is 47.2 Å². The molecule has 0 bridgehead atoms. The predicted molar refractivity (Wildman–Crippen MR) is 129 cm³/mol. The molecule has 0 fully saturated rings. The van der Waals surface area contributed by atoms with Crippen molar-refractivity contribution < 1.29 is 4.42 Å². The minimum Gasteiger partial charge on any atom is -0.473 e. The summed E-state index contributed by atoms with van der Waals surface area (Å²) < 4.78 is 4.58. The zero-order chi connectivity index (χ0) is 21.3. The van der Waals surface area contributed by atoms with E-state index in [2.05, 4.69) is 57.9 Å². The molecule has 0 aliphatic heterocycles. The normalized spacial score (nSPS) is 12.3. The van der Waals surface area contributed by atoms with Crippen molar-refractivity contribution in [2.45, 2.75) is 32.2 Å². The summed E-state index contributed by atoms with van der Waals surface area (Å²) in [4.78, 5) is 3.97. The molecule has 0 radical (unpaired) electrons. The number of aryl methyl sites for hydroxylation is 2. The van der Waals surface area contributed by atoms with Gasteiger partial charge in [0.1, 0.15) is 0 Å². The van der Waals surface area contributed by atoms with Gasteiger partial charge in [0.2, 0.25) is 0 Å². The molecule has 0 saturated heterocycles. The number of fused-ring (bicyclic) bond motifs is 5. The Hall–Kier alpha value is -3.43. The van der Waals surface area contributed by atoms with Gasteiger partial charge in [0.15, 0.2) is 0 Å². The highest BCUT2D eigenvalue weighted by Gasteiger charge is 2.13. The van der Waals surface area contributed by atoms with E-state index in [1.54, 1.807) is 29.9 Å². The highest BCUT2D eigenvalue weighted by atomic mass is 16.3. The Bertz CT molecular complexity index is 1200. The number of benzene rings is 3. The maximum atomic E-state index is 5.29. The number of pyridine rings is 1. The fraction of sp³-hybridized carbons (Fsp3) is 0.179. The number of rotatable bonds is 1. The molecule has 3 nitrogen and oxygen atoms in total. The smallest absolute Gasteiger partial charge is 0.0902 e. The second kappa shape index (κ2) is 10.6. The lowest BCUT2D eigenvalue weighted by molar-refractivity contribution is 0.567. The van der Waals surface area contributed by atoms with Crippen LogP contribution in [0.25, 0.3) is 21.5 Å². The van der Waals surface area contributed by atoms with Crippen LogP contribution in [-0.4, -0.2) is 4.98 Å². The summed E-state index contributed by atoms with van der Waals surface area (Å²) >= 11 is 0. The Morgan fingerprint density at radius 2 is 1.48 bits per heavy atom. The van der Waals surface area contributed by atoms with Gasteiger partial charge in [-0.05, 0) is 82.6 Å². The van der Waals surface area contributed by atoms with Crippen LogP contribution in [0, 0.1) is 0 Å². The van der Waals surface area contributed by atoms with Crippen molar-refractivity contribution in [1.82, 2.24) is 4.98 Å². The van der Waals surface area contributed by atoms with E-state index >= 15 is 0 Å². The van der Waals surface area contributed by atoms with Gasteiger partial charge in [-0.25, -0.2) is 0 Å². The molecule has 0 atom stereocenters. The third-order valence-electron chi connectivity index (χ3n) is 5.62. The number of hydrogen-bond acceptors (Lipinski definition) is 3. The number of hydrogen-bond donors (Lipinski definition) is 1. The third-order valence-corrected chi connectivity index (χ3v) is 5.62. The fourth-order valence-electron chi connectivity index (χ4n) is 4.09. The Labute approximate surface area is 183 Å². The van der Waals surface area contributed by atoms with Gasteiger partial charge in [-0.1, -0.05) is 54.6 Å². The van der Waals surface area contributed by atoms with E-state index in [4.69, 9.17) is 5.73 Å². The second-order valence-corrected chi connectivity index (χ2v) is 7.61. The van der Waals surface area contributed by atoms with Gasteiger partial charge in [0.05, 0.1) is 18.2 Å². The summed E-state index contributed by atoms with van der Waals surface area (Å²) in [6.45, 7) is 0.529. The molecule has 2 aromatic heterocycles. The van der Waals surface area contributed by atoms with Crippen molar-refractivity contribution in [3.8, 4) is 0 Å². The molecule has 31 heavy (non-hydrogen) atoms. The Kier molecular flexibility index (Phi) is 7.09. The van der Waals surface area contributed by atoms with E-state index in [1.807, 2.05) is 30.3 Å². The Balaban J connectivity index is 0.000000147. The van der Waals surface area contributed by atoms with Gasteiger partial charge < -0.3 is 10.2 Å². The van der Waals surface area contributed by atoms with E-state index in [-0.39, 0.29) is 0 Å². The topological polar surface area (TPSA) is 52.0 Å². The average molecular weight is 409 g/mol. The summed E-state index contributed by atoms with van der Waals surface area (Å²) in [5, 5.41) is 5.64. The average Bonchev–Trinajstić information content (AvgIpc) is 3.45. The van der Waals surface area contributed by atoms with Crippen LogP contribution in [0.15, 0.2) is 102 Å². The Morgan fingerprint density at radius 3 is 2.19 bits per heavy atom. The zero-order valence-corrected chi connectivity index (χ0v) is 17.7. The minimum absolute atomic E-state index is 0.529. The summed E-state index contributed by atoms with van der Waals surface area (Å²) in [5.74, 6) is 0. The predicted octanol–water partition coefficient (Wildman–Crippen LogP) is 6.69. The highest BCUT2D eigenvalue weighted by molar-refractivity contribution is 6.08. The number of nitrogens with zero attached hydrogens (tertiary/aromatic N) is 1. The number of aromatic nitrogens is 1. The van der Waals surface area contributed by atoms with Crippen LogP contribution in [0.4, 0.5) is 0 Å². The molecule has 0 unspecified atom stereocenters. The summed E-state index contributed by atoms with van der Waals surface area (Å²) in [6, 6.07) is 27.3. The van der Waals surface area contributed by atoms with E-state index in [0.717, 1.165) is 5.69 Å². The molecule has 0 saturated carbocycles. The molecule has 6 rings (SSSR count). The highest BCUT2D eigenvalue weighted by Crippen LogP contribution is 2.33. The van der Waals surface area contributed by atoms with Gasteiger partial charge >= 0.3 is 0 Å². The third kappa shape index (κ3) is 5.19. The molecule has 0 spiro atoms. The molecule has 2 heterocycles. The number of nitrogens with two attached hydrogens (primary N) is 1. The van der Waals surface area contributed by atoms with Crippen LogP contribution in [0.5, 0.6) is 0 Å². The van der Waals surface area contributed by atoms with E-state index < -0.39 is 0 Å². The molecule has 3 aromatic carbocycles. The lowest BCUT2D eigenvalue weighted by atomic mass is 9.86. The van der Waals surface area contributed by atoms with E-state index in [0.29, 0.717) is 6.54 Å². The largest absolute Gasteiger partial charge is 0.473 e. The lowest BCUT2D eigenvalue weighted by Crippen LogP contribution is -2.02.